The highest BCUT2D eigenvalue weighted by Gasteiger charge is 2.24. The van der Waals surface area contributed by atoms with E-state index in [1.807, 2.05) is 0 Å². The summed E-state index contributed by atoms with van der Waals surface area (Å²) in [4.78, 5) is 2.47. The second-order valence-electron chi connectivity index (χ2n) is 4.38. The van der Waals surface area contributed by atoms with Crippen molar-refractivity contribution in [2.24, 2.45) is 5.92 Å². The van der Waals surface area contributed by atoms with E-state index in [1.165, 1.54) is 12.8 Å². The van der Waals surface area contributed by atoms with Crippen molar-refractivity contribution in [3.8, 4) is 6.07 Å². The molecule has 1 rings (SSSR count). The zero-order valence-corrected chi connectivity index (χ0v) is 9.91. The summed E-state index contributed by atoms with van der Waals surface area (Å²) >= 11 is 0. The number of likely N-dealkylation sites (tertiary alicyclic amines) is 1. The summed E-state index contributed by atoms with van der Waals surface area (Å²) in [5.41, 5.74) is 0. The maximum absolute atomic E-state index is 8.77. The number of piperidine rings is 1. The third-order valence-corrected chi connectivity index (χ3v) is 3.27. The van der Waals surface area contributed by atoms with Crippen molar-refractivity contribution in [1.82, 2.24) is 4.90 Å². The molecule has 0 N–H and O–H groups in total. The summed E-state index contributed by atoms with van der Waals surface area (Å²) in [5, 5.41) is 8.77. The molecule has 1 fully saturated rings. The lowest BCUT2D eigenvalue weighted by atomic mass is 9.96. The topological polar surface area (TPSA) is 36.3 Å². The van der Waals surface area contributed by atoms with Gasteiger partial charge in [0, 0.05) is 19.7 Å². The predicted molar refractivity (Wildman–Crippen MR) is 60.5 cm³/mol. The summed E-state index contributed by atoms with van der Waals surface area (Å²) in [6.45, 7) is 5.29. The summed E-state index contributed by atoms with van der Waals surface area (Å²) in [7, 11) is 1.77. The molecule has 1 aliphatic rings. The standard InChI is InChI=1S/C12H22N2O/c1-3-12(6-7-13)14-8-4-5-11(9-14)10-15-2/h11-12H,3-6,8-10H2,1-2H3. The van der Waals surface area contributed by atoms with Crippen LogP contribution in [0.5, 0.6) is 0 Å². The van der Waals surface area contributed by atoms with Crippen molar-refractivity contribution in [2.45, 2.75) is 38.6 Å². The molecule has 86 valence electrons. The van der Waals surface area contributed by atoms with Crippen LogP contribution in [0.4, 0.5) is 0 Å². The SMILES string of the molecule is CCC(CC#N)N1CCCC(COC)C1. The second kappa shape index (κ2) is 6.81. The predicted octanol–water partition coefficient (Wildman–Crippen LogP) is 2.04. The Bertz CT molecular complexity index is 210. The van der Waals surface area contributed by atoms with Gasteiger partial charge in [0.2, 0.25) is 0 Å². The summed E-state index contributed by atoms with van der Waals surface area (Å²) < 4.78 is 5.21. The Labute approximate surface area is 93.0 Å². The highest BCUT2D eigenvalue weighted by Crippen LogP contribution is 2.21. The minimum absolute atomic E-state index is 0.453. The van der Waals surface area contributed by atoms with Crippen molar-refractivity contribution in [1.29, 1.82) is 5.26 Å². The van der Waals surface area contributed by atoms with Gasteiger partial charge in [0.15, 0.2) is 0 Å². The van der Waals surface area contributed by atoms with Crippen LogP contribution in [-0.2, 0) is 4.74 Å². The Balaban J connectivity index is 2.43. The van der Waals surface area contributed by atoms with E-state index in [1.54, 1.807) is 7.11 Å². The van der Waals surface area contributed by atoms with E-state index in [-0.39, 0.29) is 0 Å². The summed E-state index contributed by atoms with van der Waals surface area (Å²) in [6, 6.07) is 2.74. The fourth-order valence-electron chi connectivity index (χ4n) is 2.44. The lowest BCUT2D eigenvalue weighted by Crippen LogP contribution is -2.43. The molecule has 1 saturated heterocycles. The molecule has 3 heteroatoms. The van der Waals surface area contributed by atoms with Crippen LogP contribution in [0.25, 0.3) is 0 Å². The van der Waals surface area contributed by atoms with E-state index in [2.05, 4.69) is 17.9 Å². The molecular formula is C12H22N2O. The molecular weight excluding hydrogens is 188 g/mol. The molecule has 2 atom stereocenters. The van der Waals surface area contributed by atoms with Gasteiger partial charge in [-0.05, 0) is 31.7 Å². The molecule has 0 saturated carbocycles. The molecule has 0 aromatic heterocycles. The van der Waals surface area contributed by atoms with Crippen LogP contribution in [0.1, 0.15) is 32.6 Å². The molecule has 1 aliphatic heterocycles. The first kappa shape index (κ1) is 12.5. The fourth-order valence-corrected chi connectivity index (χ4v) is 2.44. The van der Waals surface area contributed by atoms with Crippen molar-refractivity contribution < 1.29 is 4.74 Å². The number of ether oxygens (including phenoxy) is 1. The molecule has 15 heavy (non-hydrogen) atoms. The van der Waals surface area contributed by atoms with Gasteiger partial charge in [-0.3, -0.25) is 4.90 Å². The molecule has 0 aromatic rings. The van der Waals surface area contributed by atoms with Crippen molar-refractivity contribution >= 4 is 0 Å². The molecule has 0 amide bonds. The fraction of sp³-hybridized carbons (Fsp3) is 0.917. The van der Waals surface area contributed by atoms with Crippen LogP contribution in [0.2, 0.25) is 0 Å². The number of methoxy groups -OCH3 is 1. The van der Waals surface area contributed by atoms with Gasteiger partial charge in [0.05, 0.1) is 19.1 Å². The van der Waals surface area contributed by atoms with E-state index in [9.17, 15) is 0 Å². The van der Waals surface area contributed by atoms with Crippen molar-refractivity contribution in [3.63, 3.8) is 0 Å². The van der Waals surface area contributed by atoms with Crippen LogP contribution < -0.4 is 0 Å². The van der Waals surface area contributed by atoms with Crippen LogP contribution in [0.15, 0.2) is 0 Å². The molecule has 2 unspecified atom stereocenters. The molecule has 0 spiro atoms. The van der Waals surface area contributed by atoms with Gasteiger partial charge in [-0.15, -0.1) is 0 Å². The van der Waals surface area contributed by atoms with Gasteiger partial charge in [0.1, 0.15) is 0 Å². The summed E-state index contributed by atoms with van der Waals surface area (Å²) in [6.07, 6.45) is 4.26. The number of nitriles is 1. The average molecular weight is 210 g/mol. The molecule has 0 aromatic carbocycles. The van der Waals surface area contributed by atoms with Gasteiger partial charge in [-0.25, -0.2) is 0 Å². The number of hydrogen-bond donors (Lipinski definition) is 0. The Hall–Kier alpha value is -0.590. The van der Waals surface area contributed by atoms with Crippen molar-refractivity contribution in [3.05, 3.63) is 0 Å². The van der Waals surface area contributed by atoms with Gasteiger partial charge >= 0.3 is 0 Å². The molecule has 0 aliphatic carbocycles. The normalized spacial score (nSPS) is 24.7. The molecule has 3 nitrogen and oxygen atoms in total. The van der Waals surface area contributed by atoms with E-state index in [0.29, 0.717) is 18.4 Å². The average Bonchev–Trinajstić information content (AvgIpc) is 2.27. The largest absolute Gasteiger partial charge is 0.384 e. The van der Waals surface area contributed by atoms with Crippen LogP contribution >= 0.6 is 0 Å². The maximum Gasteiger partial charge on any atom is 0.0638 e. The summed E-state index contributed by atoms with van der Waals surface area (Å²) in [5.74, 6) is 0.663. The Kier molecular flexibility index (Phi) is 5.67. The number of nitrogens with zero attached hydrogens (tertiary/aromatic N) is 2. The zero-order chi connectivity index (χ0) is 11.1. The van der Waals surface area contributed by atoms with E-state index < -0.39 is 0 Å². The van der Waals surface area contributed by atoms with Gasteiger partial charge in [-0.2, -0.15) is 5.26 Å². The van der Waals surface area contributed by atoms with Crippen LogP contribution in [0, 0.1) is 17.2 Å². The molecule has 1 heterocycles. The minimum Gasteiger partial charge on any atom is -0.384 e. The van der Waals surface area contributed by atoms with E-state index in [4.69, 9.17) is 10.00 Å². The highest BCUT2D eigenvalue weighted by molar-refractivity contribution is 4.85. The lowest BCUT2D eigenvalue weighted by molar-refractivity contribution is 0.0679. The first-order valence-electron chi connectivity index (χ1n) is 5.91. The quantitative estimate of drug-likeness (QED) is 0.696. The lowest BCUT2D eigenvalue weighted by Gasteiger charge is -2.37. The molecule has 0 bridgehead atoms. The van der Waals surface area contributed by atoms with Crippen LogP contribution in [-0.4, -0.2) is 37.7 Å². The van der Waals surface area contributed by atoms with Gasteiger partial charge < -0.3 is 4.74 Å². The van der Waals surface area contributed by atoms with Crippen molar-refractivity contribution in [2.75, 3.05) is 26.8 Å². The third kappa shape index (κ3) is 3.81. The van der Waals surface area contributed by atoms with E-state index in [0.717, 1.165) is 26.1 Å². The monoisotopic (exact) mass is 210 g/mol. The third-order valence-electron chi connectivity index (χ3n) is 3.27. The zero-order valence-electron chi connectivity index (χ0n) is 9.91. The highest BCUT2D eigenvalue weighted by atomic mass is 16.5. The Morgan fingerprint density at radius 2 is 2.40 bits per heavy atom. The minimum atomic E-state index is 0.453. The van der Waals surface area contributed by atoms with E-state index >= 15 is 0 Å². The molecule has 0 radical (unpaired) electrons. The maximum atomic E-state index is 8.77. The Morgan fingerprint density at radius 1 is 1.60 bits per heavy atom. The Morgan fingerprint density at radius 3 is 3.00 bits per heavy atom. The van der Waals surface area contributed by atoms with Crippen LogP contribution in [0.3, 0.4) is 0 Å². The van der Waals surface area contributed by atoms with Gasteiger partial charge in [-0.1, -0.05) is 6.92 Å². The van der Waals surface area contributed by atoms with Gasteiger partial charge in [0.25, 0.3) is 0 Å². The number of hydrogen-bond acceptors (Lipinski definition) is 3. The first-order chi connectivity index (χ1) is 7.31. The first-order valence-corrected chi connectivity index (χ1v) is 5.91. The smallest absolute Gasteiger partial charge is 0.0638 e. The number of rotatable bonds is 5. The second-order valence-corrected chi connectivity index (χ2v) is 4.38.